The fourth-order valence-electron chi connectivity index (χ4n) is 2.37. The maximum absolute atomic E-state index is 12.7. The van der Waals surface area contributed by atoms with Crippen molar-refractivity contribution in [3.05, 3.63) is 54.1 Å². The summed E-state index contributed by atoms with van der Waals surface area (Å²) >= 11 is 0. The zero-order valence-electron chi connectivity index (χ0n) is 15.7. The molecule has 0 heterocycles. The normalized spacial score (nSPS) is 13.2. The summed E-state index contributed by atoms with van der Waals surface area (Å²) in [6, 6.07) is 7.41. The fraction of sp³-hybridized carbons (Fsp3) is 0.348. The predicted molar refractivity (Wildman–Crippen MR) is 106 cm³/mol. The van der Waals surface area contributed by atoms with Crippen molar-refractivity contribution in [2.45, 2.75) is 51.7 Å². The first-order valence-electron chi connectivity index (χ1n) is 8.57. The van der Waals surface area contributed by atoms with Gasteiger partial charge in [0.1, 0.15) is 5.75 Å². The molecule has 0 aliphatic rings. The van der Waals surface area contributed by atoms with Gasteiger partial charge in [0, 0.05) is 6.42 Å². The van der Waals surface area contributed by atoms with Gasteiger partial charge in [-0.15, -0.1) is 25.3 Å². The van der Waals surface area contributed by atoms with E-state index in [-0.39, 0.29) is 12.1 Å². The maximum Gasteiger partial charge on any atom is 0.315 e. The monoisotopic (exact) mass is 350 g/mol. The van der Waals surface area contributed by atoms with Gasteiger partial charge in [0.2, 0.25) is 0 Å². The van der Waals surface area contributed by atoms with E-state index in [4.69, 9.17) is 22.3 Å². The highest BCUT2D eigenvalue weighted by atomic mass is 16.5. The van der Waals surface area contributed by atoms with Gasteiger partial charge < -0.3 is 9.47 Å². The standard InChI is InChI=1S/C23H26O3/c1-7-10-12-18(6)22(9-3)26-23(24)21(11-8-2)19-13-15-20(16-14-19)25-17(4)5/h1,3,8,12-17,21-22H,2,10-11H2,4-6H3/b18-12+. The topological polar surface area (TPSA) is 35.5 Å². The van der Waals surface area contributed by atoms with Crippen molar-refractivity contribution in [3.63, 3.8) is 0 Å². The van der Waals surface area contributed by atoms with Crippen molar-refractivity contribution in [3.8, 4) is 30.4 Å². The Morgan fingerprint density at radius 1 is 1.27 bits per heavy atom. The number of hydrogen-bond acceptors (Lipinski definition) is 3. The van der Waals surface area contributed by atoms with Gasteiger partial charge in [-0.25, -0.2) is 0 Å². The van der Waals surface area contributed by atoms with E-state index >= 15 is 0 Å². The molecule has 0 radical (unpaired) electrons. The zero-order valence-corrected chi connectivity index (χ0v) is 15.7. The van der Waals surface area contributed by atoms with Crippen LogP contribution in [-0.2, 0) is 9.53 Å². The first-order valence-corrected chi connectivity index (χ1v) is 8.57. The van der Waals surface area contributed by atoms with Crippen LogP contribution in [0.4, 0.5) is 0 Å². The molecule has 0 aliphatic carbocycles. The number of carbonyl (C=O) groups is 1. The Bertz CT molecular complexity index is 711. The molecule has 26 heavy (non-hydrogen) atoms. The Balaban J connectivity index is 2.95. The van der Waals surface area contributed by atoms with Gasteiger partial charge in [-0.2, -0.15) is 0 Å². The van der Waals surface area contributed by atoms with Crippen LogP contribution in [0, 0.1) is 24.7 Å². The van der Waals surface area contributed by atoms with Crippen molar-refractivity contribution in [1.82, 2.24) is 0 Å². The lowest BCUT2D eigenvalue weighted by Gasteiger charge is -2.19. The lowest BCUT2D eigenvalue weighted by Crippen LogP contribution is -2.23. The summed E-state index contributed by atoms with van der Waals surface area (Å²) in [6.45, 7) is 9.46. The Morgan fingerprint density at radius 3 is 2.42 bits per heavy atom. The Morgan fingerprint density at radius 2 is 1.92 bits per heavy atom. The smallest absolute Gasteiger partial charge is 0.315 e. The third kappa shape index (κ3) is 6.54. The quantitative estimate of drug-likeness (QED) is 0.369. The van der Waals surface area contributed by atoms with Crippen molar-refractivity contribution in [1.29, 1.82) is 0 Å². The van der Waals surface area contributed by atoms with Gasteiger partial charge in [-0.3, -0.25) is 4.79 Å². The largest absolute Gasteiger partial charge is 0.491 e. The summed E-state index contributed by atoms with van der Waals surface area (Å²) in [7, 11) is 0. The second kappa shape index (κ2) is 10.9. The number of benzene rings is 1. The predicted octanol–water partition coefficient (Wildman–Crippen LogP) is 4.65. The molecule has 0 N–H and O–H groups in total. The molecule has 2 atom stereocenters. The van der Waals surface area contributed by atoms with Crippen LogP contribution in [0.25, 0.3) is 0 Å². The molecule has 0 fully saturated rings. The van der Waals surface area contributed by atoms with Crippen molar-refractivity contribution < 1.29 is 14.3 Å². The maximum atomic E-state index is 12.7. The molecule has 3 heteroatoms. The summed E-state index contributed by atoms with van der Waals surface area (Å²) in [6.07, 6.45) is 14.5. The van der Waals surface area contributed by atoms with Crippen LogP contribution >= 0.6 is 0 Å². The van der Waals surface area contributed by atoms with Gasteiger partial charge >= 0.3 is 5.97 Å². The Hall–Kier alpha value is -2.91. The van der Waals surface area contributed by atoms with E-state index in [9.17, 15) is 4.79 Å². The van der Waals surface area contributed by atoms with E-state index in [0.717, 1.165) is 16.9 Å². The number of ether oxygens (including phenoxy) is 2. The average molecular weight is 350 g/mol. The molecular formula is C23H26O3. The minimum Gasteiger partial charge on any atom is -0.491 e. The molecule has 3 nitrogen and oxygen atoms in total. The lowest BCUT2D eigenvalue weighted by molar-refractivity contribution is -0.147. The first kappa shape index (κ1) is 21.1. The number of hydrogen-bond donors (Lipinski definition) is 0. The van der Waals surface area contributed by atoms with E-state index in [2.05, 4.69) is 18.4 Å². The first-order chi connectivity index (χ1) is 12.4. The van der Waals surface area contributed by atoms with Crippen LogP contribution in [0.15, 0.2) is 48.6 Å². The molecule has 0 spiro atoms. The molecule has 136 valence electrons. The molecule has 0 saturated heterocycles. The third-order valence-electron chi connectivity index (χ3n) is 3.68. The van der Waals surface area contributed by atoms with Gasteiger partial charge in [-0.05, 0) is 50.5 Å². The van der Waals surface area contributed by atoms with Crippen LogP contribution in [0.3, 0.4) is 0 Å². The van der Waals surface area contributed by atoms with Crippen LogP contribution < -0.4 is 4.74 Å². The summed E-state index contributed by atoms with van der Waals surface area (Å²) in [5, 5.41) is 0. The van der Waals surface area contributed by atoms with E-state index in [1.165, 1.54) is 0 Å². The number of esters is 1. The lowest BCUT2D eigenvalue weighted by atomic mass is 9.95. The van der Waals surface area contributed by atoms with Gasteiger partial charge in [0.25, 0.3) is 0 Å². The van der Waals surface area contributed by atoms with Crippen LogP contribution in [0.1, 0.15) is 45.1 Å². The third-order valence-corrected chi connectivity index (χ3v) is 3.68. The second-order valence-corrected chi connectivity index (χ2v) is 6.15. The van der Waals surface area contributed by atoms with Gasteiger partial charge in [0.15, 0.2) is 6.10 Å². The van der Waals surface area contributed by atoms with Crippen molar-refractivity contribution >= 4 is 5.97 Å². The van der Waals surface area contributed by atoms with Gasteiger partial charge in [-0.1, -0.05) is 30.2 Å². The fourth-order valence-corrected chi connectivity index (χ4v) is 2.37. The zero-order chi connectivity index (χ0) is 19.5. The molecule has 1 rings (SSSR count). The summed E-state index contributed by atoms with van der Waals surface area (Å²) in [5.74, 6) is 4.89. The van der Waals surface area contributed by atoms with Crippen molar-refractivity contribution in [2.75, 3.05) is 0 Å². The van der Waals surface area contributed by atoms with E-state index in [0.29, 0.717) is 12.8 Å². The summed E-state index contributed by atoms with van der Waals surface area (Å²) in [4.78, 5) is 12.7. The molecule has 1 aromatic carbocycles. The molecular weight excluding hydrogens is 324 g/mol. The van der Waals surface area contributed by atoms with E-state index in [1.54, 1.807) is 19.1 Å². The van der Waals surface area contributed by atoms with Crippen LogP contribution in [0.2, 0.25) is 0 Å². The van der Waals surface area contributed by atoms with Crippen LogP contribution in [-0.4, -0.2) is 18.2 Å². The van der Waals surface area contributed by atoms with Crippen LogP contribution in [0.5, 0.6) is 5.75 Å². The number of carbonyl (C=O) groups excluding carboxylic acids is 1. The highest BCUT2D eigenvalue weighted by Gasteiger charge is 2.24. The van der Waals surface area contributed by atoms with Crippen molar-refractivity contribution in [2.24, 2.45) is 0 Å². The Kier molecular flexibility index (Phi) is 8.82. The molecule has 0 bridgehead atoms. The number of terminal acetylenes is 2. The summed E-state index contributed by atoms with van der Waals surface area (Å²) in [5.41, 5.74) is 1.57. The van der Waals surface area contributed by atoms with Gasteiger partial charge in [0.05, 0.1) is 12.0 Å². The minimum absolute atomic E-state index is 0.0870. The molecule has 0 aliphatic heterocycles. The number of allylic oxidation sites excluding steroid dienone is 2. The minimum atomic E-state index is -0.730. The second-order valence-electron chi connectivity index (χ2n) is 6.15. The van der Waals surface area contributed by atoms with E-state index < -0.39 is 12.0 Å². The number of rotatable bonds is 9. The molecule has 2 unspecified atom stereocenters. The molecule has 0 aromatic heterocycles. The van der Waals surface area contributed by atoms with E-state index in [1.807, 2.05) is 38.1 Å². The molecule has 0 saturated carbocycles. The summed E-state index contributed by atoms with van der Waals surface area (Å²) < 4.78 is 11.2. The average Bonchev–Trinajstić information content (AvgIpc) is 2.62. The Labute approximate surface area is 157 Å². The SMILES string of the molecule is C#CC/C=C(\C)C(C#C)OC(=O)C(CC=C)c1ccc(OC(C)C)cc1. The molecule has 0 amide bonds. The highest BCUT2D eigenvalue weighted by Crippen LogP contribution is 2.26. The molecule has 1 aromatic rings. The highest BCUT2D eigenvalue weighted by molar-refractivity contribution is 5.79.